The van der Waals surface area contributed by atoms with Crippen LogP contribution in [0, 0.1) is 76.7 Å². The Morgan fingerprint density at radius 1 is 0.842 bits per heavy atom. The molecule has 2 aromatic rings. The lowest BCUT2D eigenvalue weighted by atomic mass is 9.46. The Morgan fingerprint density at radius 3 is 2.34 bits per heavy atom. The molecule has 76 heavy (non-hydrogen) atoms. The molecule has 1 amide bonds. The van der Waals surface area contributed by atoms with Crippen molar-refractivity contribution in [2.45, 2.75) is 189 Å². The summed E-state index contributed by atoms with van der Waals surface area (Å²) in [6.45, 7) is 16.8. The van der Waals surface area contributed by atoms with Crippen LogP contribution in [-0.4, -0.2) is 41.7 Å². The van der Waals surface area contributed by atoms with E-state index in [1.165, 1.54) is 102 Å². The molecule has 0 radical (unpaired) electrons. The highest BCUT2D eigenvalue weighted by Crippen LogP contribution is 2.68. The number of Topliss-reactive ketones (excluding diaryl/α,β-unsaturated/α-hetero) is 2. The molecule has 3 saturated carbocycles. The van der Waals surface area contributed by atoms with Crippen LogP contribution in [0.25, 0.3) is 33.4 Å². The van der Waals surface area contributed by atoms with Crippen molar-refractivity contribution in [3.8, 4) is 28.2 Å². The van der Waals surface area contributed by atoms with Gasteiger partial charge in [-0.3, -0.25) is 24.0 Å². The maximum Gasteiger partial charge on any atom is 0.303 e. The number of carboxylic acids is 1. The first-order valence-electron chi connectivity index (χ1n) is 29.1. The number of carbonyl (C=O) groups is 4. The third kappa shape index (κ3) is 12.1. The minimum absolute atomic E-state index is 0.0201. The zero-order valence-corrected chi connectivity index (χ0v) is 46.7. The molecule has 0 aromatic heterocycles. The largest absolute Gasteiger partial charge is 0.494 e. The highest BCUT2D eigenvalue weighted by molar-refractivity contribution is 6.04. The smallest absolute Gasteiger partial charge is 0.303 e. The number of carboxylic acid groups (broad SMARTS) is 1. The normalized spacial score (nSPS) is 25.3. The molecule has 412 valence electrons. The summed E-state index contributed by atoms with van der Waals surface area (Å²) in [6.07, 6.45) is 22.3. The molecule has 0 spiro atoms. The van der Waals surface area contributed by atoms with Crippen LogP contribution in [-0.2, 0) is 14.4 Å². The number of halogens is 2. The zero-order chi connectivity index (χ0) is 54.6. The van der Waals surface area contributed by atoms with E-state index < -0.39 is 35.0 Å². The molecule has 2 N–H and O–H groups in total. The van der Waals surface area contributed by atoms with E-state index in [0.717, 1.165) is 72.8 Å². The van der Waals surface area contributed by atoms with Crippen LogP contribution >= 0.6 is 0 Å². The number of ketones is 2. The lowest BCUT2D eigenvalue weighted by molar-refractivity contribution is -0.137. The maximum atomic E-state index is 15.1. The molecule has 8 rings (SSSR count). The summed E-state index contributed by atoms with van der Waals surface area (Å²) >= 11 is 0. The molecule has 0 bridgehead atoms. The number of benzene rings is 3. The van der Waals surface area contributed by atoms with Gasteiger partial charge in [-0.2, -0.15) is 0 Å². The molecule has 6 aliphatic rings. The van der Waals surface area contributed by atoms with Crippen molar-refractivity contribution in [3.05, 3.63) is 87.1 Å². The van der Waals surface area contributed by atoms with Crippen LogP contribution in [0.2, 0.25) is 0 Å². The number of carbonyl (C=O) groups excluding carboxylic acids is 3. The first kappa shape index (κ1) is 57.0. The molecule has 2 aromatic carbocycles. The minimum atomic E-state index is -1.11. The number of aryl methyl sites for hydroxylation is 1. The van der Waals surface area contributed by atoms with Gasteiger partial charge in [0.05, 0.1) is 13.2 Å². The van der Waals surface area contributed by atoms with Gasteiger partial charge in [0.1, 0.15) is 17.1 Å². The van der Waals surface area contributed by atoms with Crippen LogP contribution in [0.15, 0.2) is 63.3 Å². The van der Waals surface area contributed by atoms with Crippen molar-refractivity contribution in [1.29, 1.82) is 0 Å². The Hall–Kier alpha value is -5.19. The van der Waals surface area contributed by atoms with Gasteiger partial charge in [-0.25, -0.2) is 8.78 Å². The van der Waals surface area contributed by atoms with E-state index in [2.05, 4.69) is 52.9 Å². The van der Waals surface area contributed by atoms with E-state index in [1.54, 1.807) is 24.6 Å². The molecule has 10 atom stereocenters. The first-order chi connectivity index (χ1) is 36.3. The number of rotatable bonds is 24. The fourth-order valence-corrected chi connectivity index (χ4v) is 15.6. The second-order valence-corrected chi connectivity index (χ2v) is 24.7. The summed E-state index contributed by atoms with van der Waals surface area (Å²) in [4.78, 5) is 64.1. The van der Waals surface area contributed by atoms with Crippen LogP contribution in [0.4, 0.5) is 8.78 Å². The fourth-order valence-electron chi connectivity index (χ4n) is 15.6. The van der Waals surface area contributed by atoms with Gasteiger partial charge in [0.25, 0.3) is 5.91 Å². The summed E-state index contributed by atoms with van der Waals surface area (Å²) in [5, 5.41) is 12.5. The van der Waals surface area contributed by atoms with Crippen molar-refractivity contribution in [3.63, 3.8) is 0 Å². The number of methoxy groups -OCH3 is 1. The van der Waals surface area contributed by atoms with Gasteiger partial charge in [0.2, 0.25) is 5.43 Å². The van der Waals surface area contributed by atoms with Gasteiger partial charge in [-0.05, 0) is 178 Å². The summed E-state index contributed by atoms with van der Waals surface area (Å²) in [5.41, 5.74) is 3.73. The van der Waals surface area contributed by atoms with Crippen molar-refractivity contribution in [2.24, 2.45) is 58.2 Å². The molecule has 1 heterocycles. The molecule has 9 nitrogen and oxygen atoms in total. The van der Waals surface area contributed by atoms with E-state index in [1.807, 2.05) is 0 Å². The number of aliphatic carboxylic acids is 1. The Morgan fingerprint density at radius 2 is 1.62 bits per heavy atom. The number of hydrogen-bond donors (Lipinski definition) is 2. The molecular formula is C65H85F2NO8. The molecule has 0 saturated heterocycles. The number of nitrogens with one attached hydrogen (secondary N) is 1. The molecule has 3 fully saturated rings. The van der Waals surface area contributed by atoms with E-state index in [9.17, 15) is 33.5 Å². The van der Waals surface area contributed by atoms with Gasteiger partial charge in [-0.15, -0.1) is 0 Å². The number of allylic oxidation sites excluding steroid dienone is 2. The third-order valence-electron chi connectivity index (χ3n) is 20.0. The first-order valence-corrected chi connectivity index (χ1v) is 29.1. The van der Waals surface area contributed by atoms with Crippen LogP contribution in [0.1, 0.15) is 192 Å². The van der Waals surface area contributed by atoms with Crippen LogP contribution in [0.5, 0.6) is 5.75 Å². The number of unbranched alkanes of at least 4 members (excludes halogenated alkanes) is 2. The third-order valence-corrected chi connectivity index (χ3v) is 20.0. The van der Waals surface area contributed by atoms with E-state index in [0.29, 0.717) is 46.3 Å². The van der Waals surface area contributed by atoms with Gasteiger partial charge in [0.15, 0.2) is 23.2 Å². The zero-order valence-electron chi connectivity index (χ0n) is 46.7. The predicted octanol–water partition coefficient (Wildman–Crippen LogP) is 15.7. The average molecular weight is 1050 g/mol. The Labute approximate surface area is 450 Å². The lowest BCUT2D eigenvalue weighted by Gasteiger charge is -2.58. The average Bonchev–Trinajstić information content (AvgIpc) is 3.82. The minimum Gasteiger partial charge on any atom is -0.494 e. The number of hydrogen-bond acceptors (Lipinski definition) is 7. The molecular weight excluding hydrogens is 961 g/mol. The SMILES string of the molecule is CC[C@H](CC[C@@H](C)C1CC[C@H]2[C@H]3CC=C4C[C@@H](CCCCCC(=O)CCCC(=O)[C@H](CCC(=O)O)NC(=O)c5ccc(-c6c7cc(F)c(=O)cc-7oc7cc(OC)c(F)cc67)c(C)c5)CCC4(C)C3CCC12C)C(C)C. The van der Waals surface area contributed by atoms with E-state index in [-0.39, 0.29) is 70.9 Å². The second-order valence-electron chi connectivity index (χ2n) is 24.7. The molecule has 11 heteroatoms. The maximum absolute atomic E-state index is 15.1. The van der Waals surface area contributed by atoms with Crippen LogP contribution in [0.3, 0.4) is 0 Å². The van der Waals surface area contributed by atoms with Crippen LogP contribution < -0.4 is 15.5 Å². The summed E-state index contributed by atoms with van der Waals surface area (Å²) in [6, 6.07) is 8.23. The van der Waals surface area contributed by atoms with Crippen molar-refractivity contribution in [2.75, 3.05) is 7.11 Å². The Kier molecular flexibility index (Phi) is 18.2. The van der Waals surface area contributed by atoms with Crippen molar-refractivity contribution < 1.29 is 42.2 Å². The highest BCUT2D eigenvalue weighted by Gasteiger charge is 2.59. The van der Waals surface area contributed by atoms with Gasteiger partial charge < -0.3 is 19.6 Å². The summed E-state index contributed by atoms with van der Waals surface area (Å²) in [7, 11) is 1.31. The molecule has 1 aliphatic heterocycles. The van der Waals surface area contributed by atoms with E-state index in [4.69, 9.17) is 9.15 Å². The number of fused-ring (bicyclic) bond motifs is 7. The predicted molar refractivity (Wildman–Crippen MR) is 297 cm³/mol. The quantitative estimate of drug-likeness (QED) is 0.0402. The Bertz CT molecular complexity index is 2830. The number of amides is 1. The monoisotopic (exact) mass is 1050 g/mol. The number of ether oxygens (including phenoxy) is 1. The Balaban J connectivity index is 0.790. The lowest BCUT2D eigenvalue weighted by Crippen LogP contribution is -2.50. The summed E-state index contributed by atoms with van der Waals surface area (Å²) < 4.78 is 40.9. The van der Waals surface area contributed by atoms with Crippen molar-refractivity contribution in [1.82, 2.24) is 5.32 Å². The standard InChI is InChI=1S/C65H85F2NO8/c1-9-42(38(2)3)19-18-39(4)50-24-25-51-47-23-21-44-33-41(28-30-64(44,6)52(47)29-31-65(50,51)7)14-11-10-12-15-45(69)16-13-17-56(70)55(26-27-61(72)73)68-63(74)43-20-22-46(40(5)32-43)62-48-34-53(66)57(71)36-58(48)76-59-37-60(75-8)54(67)35-49(59)62/h20-22,32,34-39,41-42,47,50-52,55H,9-19,23-31,33H2,1-8H3,(H,68,74)(H,72,73)/t39-,41+,42-,47-,50?,51+,52?,55+,64?,65?/m1/s1. The van der Waals surface area contributed by atoms with E-state index >= 15 is 4.39 Å². The fraction of sp³-hybridized carbons (Fsp3) is 0.615. The molecule has 4 unspecified atom stereocenters. The highest BCUT2D eigenvalue weighted by atomic mass is 19.1. The second kappa shape index (κ2) is 24.2. The molecule has 5 aliphatic carbocycles. The van der Waals surface area contributed by atoms with Gasteiger partial charge >= 0.3 is 5.97 Å². The van der Waals surface area contributed by atoms with Gasteiger partial charge in [0, 0.05) is 59.9 Å². The summed E-state index contributed by atoms with van der Waals surface area (Å²) in [5.74, 6) is 2.92. The topological polar surface area (TPSA) is 140 Å². The van der Waals surface area contributed by atoms with Crippen molar-refractivity contribution >= 4 is 34.4 Å². The van der Waals surface area contributed by atoms with Gasteiger partial charge in [-0.1, -0.05) is 91.4 Å².